The Hall–Kier alpha value is -7.25. The van der Waals surface area contributed by atoms with Crippen molar-refractivity contribution < 1.29 is 13.1 Å². The summed E-state index contributed by atoms with van der Waals surface area (Å²) in [4.78, 5) is 4.38. The van der Waals surface area contributed by atoms with Crippen LogP contribution in [0, 0.1) is 0 Å². The number of fused-ring (bicyclic) bond motifs is 2. The van der Waals surface area contributed by atoms with Crippen LogP contribution in [0.3, 0.4) is 0 Å². The van der Waals surface area contributed by atoms with Crippen LogP contribution in [0.25, 0.3) is 24.3 Å². The summed E-state index contributed by atoms with van der Waals surface area (Å²) in [5.41, 5.74) is 9.85. The van der Waals surface area contributed by atoms with E-state index in [0.29, 0.717) is 22.8 Å². The molecule has 0 fully saturated rings. The third-order valence-corrected chi connectivity index (χ3v) is 10.1. The van der Waals surface area contributed by atoms with Gasteiger partial charge in [0.2, 0.25) is 0 Å². The summed E-state index contributed by atoms with van der Waals surface area (Å²) in [6.45, 7) is -4.18. The van der Waals surface area contributed by atoms with Crippen LogP contribution in [0.15, 0.2) is 206 Å². The lowest BCUT2D eigenvalue weighted by molar-refractivity contribution is -0.359. The van der Waals surface area contributed by atoms with Crippen LogP contribution < -0.4 is 9.80 Å². The van der Waals surface area contributed by atoms with E-state index in [4.69, 9.17) is 0 Å². The third-order valence-electron chi connectivity index (χ3n) is 10.1. The largest absolute Gasteiger partial charge is 0.737 e. The number of nitrogens with zero attached hydrogens (tertiary/aromatic N) is 4. The average Bonchev–Trinajstić information content (AvgIpc) is 3.87. The number of halogens is 2. The molecule has 9 rings (SSSR count). The first-order chi connectivity index (χ1) is 27.5. The van der Waals surface area contributed by atoms with Gasteiger partial charge in [-0.3, -0.25) is 0 Å². The summed E-state index contributed by atoms with van der Waals surface area (Å²) in [6.07, 6.45) is 12.7. The van der Waals surface area contributed by atoms with Crippen molar-refractivity contribution in [2.75, 3.05) is 9.80 Å². The number of aromatic nitrogens is 1. The number of benzene rings is 6. The fourth-order valence-electron chi connectivity index (χ4n) is 7.49. The number of hydrogen-bond acceptors (Lipinski definition) is 2. The minimum Gasteiger partial charge on any atom is -0.390 e. The highest BCUT2D eigenvalue weighted by Crippen LogP contribution is 2.37. The van der Waals surface area contributed by atoms with Crippen LogP contribution in [0.1, 0.15) is 22.5 Å². The molecular weight excluding hydrogens is 693 g/mol. The highest BCUT2D eigenvalue weighted by atomic mass is 19.2. The molecule has 56 heavy (non-hydrogen) atoms. The molecule has 0 saturated carbocycles. The molecule has 0 N–H and O–H groups in total. The molecular formula is C49H37BF2N4. The van der Waals surface area contributed by atoms with Crippen molar-refractivity contribution in [1.29, 1.82) is 0 Å². The summed E-state index contributed by atoms with van der Waals surface area (Å²) in [5.74, 6) is 0. The summed E-state index contributed by atoms with van der Waals surface area (Å²) < 4.78 is 35.6. The van der Waals surface area contributed by atoms with E-state index in [1.54, 1.807) is 36.4 Å². The molecule has 1 aromatic heterocycles. The van der Waals surface area contributed by atoms with Gasteiger partial charge in [-0.05, 0) is 108 Å². The monoisotopic (exact) mass is 730 g/mol. The van der Waals surface area contributed by atoms with Gasteiger partial charge in [-0.15, -0.1) is 0 Å². The van der Waals surface area contributed by atoms with Gasteiger partial charge in [0, 0.05) is 69.8 Å². The van der Waals surface area contributed by atoms with Gasteiger partial charge in [0.25, 0.3) is 0 Å². The fourth-order valence-corrected chi connectivity index (χ4v) is 7.49. The van der Waals surface area contributed by atoms with E-state index in [2.05, 4.69) is 82.6 Å². The van der Waals surface area contributed by atoms with Crippen molar-refractivity contribution in [2.45, 2.75) is 0 Å². The lowest BCUT2D eigenvalue weighted by Gasteiger charge is -2.29. The Morgan fingerprint density at radius 1 is 0.429 bits per heavy atom. The van der Waals surface area contributed by atoms with Crippen molar-refractivity contribution >= 4 is 71.1 Å². The van der Waals surface area contributed by atoms with E-state index in [-0.39, 0.29) is 0 Å². The van der Waals surface area contributed by atoms with Crippen LogP contribution >= 0.6 is 0 Å². The Morgan fingerprint density at radius 3 is 1.29 bits per heavy atom. The molecule has 2 aliphatic rings. The van der Waals surface area contributed by atoms with Crippen molar-refractivity contribution in [3.63, 3.8) is 0 Å². The van der Waals surface area contributed by atoms with E-state index in [9.17, 15) is 0 Å². The number of rotatable bonds is 10. The Labute approximate surface area is 325 Å². The maximum absolute atomic E-state index is 16.6. The second-order valence-electron chi connectivity index (χ2n) is 13.7. The molecule has 0 unspecified atom stereocenters. The van der Waals surface area contributed by atoms with Crippen molar-refractivity contribution in [3.05, 3.63) is 228 Å². The molecule has 0 saturated heterocycles. The van der Waals surface area contributed by atoms with Crippen molar-refractivity contribution in [1.82, 2.24) is 4.48 Å². The first-order valence-corrected chi connectivity index (χ1v) is 18.7. The minimum atomic E-state index is -4.18. The molecule has 270 valence electrons. The highest BCUT2D eigenvalue weighted by molar-refractivity contribution is 6.58. The minimum absolute atomic E-state index is 0.437. The molecule has 0 amide bonds. The molecule has 3 heterocycles. The van der Waals surface area contributed by atoms with Crippen LogP contribution in [0.5, 0.6) is 0 Å². The predicted octanol–water partition coefficient (Wildman–Crippen LogP) is 12.9. The molecule has 6 aromatic carbocycles. The molecule has 7 heteroatoms. The molecule has 0 radical (unpaired) electrons. The Kier molecular flexibility index (Phi) is 9.17. The van der Waals surface area contributed by atoms with Gasteiger partial charge in [-0.2, -0.15) is 0 Å². The number of anilines is 6. The van der Waals surface area contributed by atoms with Gasteiger partial charge in [-0.1, -0.05) is 103 Å². The maximum Gasteiger partial charge on any atom is 0.737 e. The fraction of sp³-hybridized carbons (Fsp3) is 0. The SMILES string of the molecule is F[B-]1(F)n2c(ccc2/C=C/c2ccc(N(c3ccccc3)c3ccccc3)cc2)C=C2C=CC(/C=C/c3ccc(N(c4ccccc4)c4ccccc4)cc3)=[N+]21. The summed E-state index contributed by atoms with van der Waals surface area (Å²) in [5, 5.41) is 0. The van der Waals surface area contributed by atoms with E-state index >= 15 is 8.63 Å². The normalized spacial score (nSPS) is 14.2. The second kappa shape index (κ2) is 14.9. The van der Waals surface area contributed by atoms with Gasteiger partial charge < -0.3 is 27.4 Å². The second-order valence-corrected chi connectivity index (χ2v) is 13.7. The molecule has 2 aliphatic heterocycles. The zero-order chi connectivity index (χ0) is 37.9. The molecule has 0 spiro atoms. The standard InChI is InChI=1S/C49H37BF2N4/c51-50(52)55-46(31-25-38-21-27-44(28-22-38)53(40-13-5-1-6-14-40)41-15-7-2-8-16-41)33-35-48(55)37-49-36-34-47(56(49)50)32-26-39-23-29-45(30-24-39)54(42-17-9-3-10-18-42)43-19-11-4-12-20-43/h1-37H/b31-25+,32-26+. The van der Waals surface area contributed by atoms with Crippen LogP contribution in [0.4, 0.5) is 42.8 Å². The quantitative estimate of drug-likeness (QED) is 0.130. The summed E-state index contributed by atoms with van der Waals surface area (Å²) in [7, 11) is 0. The average molecular weight is 731 g/mol. The van der Waals surface area contributed by atoms with E-state index < -0.39 is 6.97 Å². The van der Waals surface area contributed by atoms with Crippen LogP contribution in [0.2, 0.25) is 0 Å². The maximum atomic E-state index is 16.6. The van der Waals surface area contributed by atoms with Crippen molar-refractivity contribution in [2.24, 2.45) is 0 Å². The summed E-state index contributed by atoms with van der Waals surface area (Å²) in [6, 6.07) is 60.7. The third kappa shape index (κ3) is 6.71. The van der Waals surface area contributed by atoms with E-state index in [1.807, 2.05) is 115 Å². The number of allylic oxidation sites excluding steroid dienone is 3. The Morgan fingerprint density at radius 2 is 0.839 bits per heavy atom. The topological polar surface area (TPSA) is 14.4 Å². The summed E-state index contributed by atoms with van der Waals surface area (Å²) >= 11 is 0. The Balaban J connectivity index is 0.960. The van der Waals surface area contributed by atoms with Crippen molar-refractivity contribution in [3.8, 4) is 0 Å². The van der Waals surface area contributed by atoms with Crippen LogP contribution in [-0.2, 0) is 0 Å². The Bertz CT molecular complexity index is 2550. The first-order valence-electron chi connectivity index (χ1n) is 18.7. The van der Waals surface area contributed by atoms with Crippen LogP contribution in [-0.4, -0.2) is 21.6 Å². The van der Waals surface area contributed by atoms with Gasteiger partial charge in [-0.25, -0.2) is 0 Å². The molecule has 4 nitrogen and oxygen atoms in total. The van der Waals surface area contributed by atoms with Gasteiger partial charge >= 0.3 is 6.97 Å². The predicted molar refractivity (Wildman–Crippen MR) is 230 cm³/mol. The molecule has 0 atom stereocenters. The first kappa shape index (κ1) is 34.5. The van der Waals surface area contributed by atoms with Gasteiger partial charge in [0.05, 0.1) is 0 Å². The zero-order valence-corrected chi connectivity index (χ0v) is 30.5. The smallest absolute Gasteiger partial charge is 0.390 e. The lowest BCUT2D eigenvalue weighted by atomic mass is 9.90. The zero-order valence-electron chi connectivity index (χ0n) is 30.5. The number of para-hydroxylation sites is 4. The van der Waals surface area contributed by atoms with Gasteiger partial charge in [0.1, 0.15) is 0 Å². The van der Waals surface area contributed by atoms with Gasteiger partial charge in [0.15, 0.2) is 11.4 Å². The number of hydrogen-bond donors (Lipinski definition) is 0. The molecule has 0 aliphatic carbocycles. The van der Waals surface area contributed by atoms with E-state index in [0.717, 1.165) is 54.2 Å². The highest BCUT2D eigenvalue weighted by Gasteiger charge is 2.51. The molecule has 0 bridgehead atoms. The lowest BCUT2D eigenvalue weighted by Crippen LogP contribution is -2.50. The molecule has 7 aromatic rings. The van der Waals surface area contributed by atoms with E-state index in [1.165, 1.54) is 0 Å².